The van der Waals surface area contributed by atoms with Crippen molar-refractivity contribution in [1.29, 1.82) is 0 Å². The highest BCUT2D eigenvalue weighted by Gasteiger charge is 2.31. The van der Waals surface area contributed by atoms with Crippen LogP contribution in [0.4, 0.5) is 28.0 Å². The average molecular weight is 522 g/mol. The maximum absolute atomic E-state index is 13.8. The topological polar surface area (TPSA) is 71.5 Å². The summed E-state index contributed by atoms with van der Waals surface area (Å²) in [4.78, 5) is 31.7. The van der Waals surface area contributed by atoms with E-state index >= 15 is 0 Å². The van der Waals surface area contributed by atoms with Crippen LogP contribution in [0.2, 0.25) is 0 Å². The van der Waals surface area contributed by atoms with Crippen molar-refractivity contribution >= 4 is 29.0 Å². The van der Waals surface area contributed by atoms with Crippen LogP contribution in [0.1, 0.15) is 45.9 Å². The Kier molecular flexibility index (Phi) is 7.58. The molecule has 11 heteroatoms. The third-order valence-electron chi connectivity index (χ3n) is 5.80. The Balaban J connectivity index is 1.43. The predicted molar refractivity (Wildman–Crippen MR) is 127 cm³/mol. The van der Waals surface area contributed by atoms with Crippen molar-refractivity contribution in [3.63, 3.8) is 0 Å². The zero-order valence-electron chi connectivity index (χ0n) is 19.3. The predicted octanol–water partition coefficient (Wildman–Crippen LogP) is 6.56. The number of likely N-dealkylation sites (tertiary alicyclic amines) is 1. The van der Waals surface area contributed by atoms with Crippen molar-refractivity contribution in [3.05, 3.63) is 69.8 Å². The Hall–Kier alpha value is -3.47. The summed E-state index contributed by atoms with van der Waals surface area (Å²) in [5, 5.41) is 3.33. The Morgan fingerprint density at radius 2 is 1.83 bits per heavy atom. The van der Waals surface area contributed by atoms with E-state index in [1.54, 1.807) is 24.0 Å². The number of nitrogens with one attached hydrogen (secondary N) is 1. The highest BCUT2D eigenvalue weighted by molar-refractivity contribution is 7.14. The van der Waals surface area contributed by atoms with Crippen LogP contribution in [0.5, 0.6) is 0 Å². The van der Waals surface area contributed by atoms with E-state index in [-0.39, 0.29) is 18.2 Å². The first kappa shape index (κ1) is 25.6. The number of rotatable bonds is 5. The van der Waals surface area contributed by atoms with Gasteiger partial charge in [-0.05, 0) is 56.2 Å². The van der Waals surface area contributed by atoms with Crippen molar-refractivity contribution in [2.45, 2.75) is 31.9 Å². The Morgan fingerprint density at radius 3 is 2.44 bits per heavy atom. The second-order valence-electron chi connectivity index (χ2n) is 8.23. The number of anilines is 1. The largest absolute Gasteiger partial charge is 0.462 e. The molecule has 0 radical (unpaired) electrons. The van der Waals surface area contributed by atoms with E-state index in [4.69, 9.17) is 4.74 Å². The van der Waals surface area contributed by atoms with E-state index in [1.807, 2.05) is 0 Å². The number of nitrogens with zero attached hydrogens (tertiary/aromatic N) is 2. The van der Waals surface area contributed by atoms with E-state index < -0.39 is 29.6 Å². The number of hydrogen-bond acceptors (Lipinski definition) is 5. The molecular formula is C25H23F4N3O3S. The number of urea groups is 1. The Labute approximate surface area is 208 Å². The van der Waals surface area contributed by atoms with Gasteiger partial charge in [0.25, 0.3) is 0 Å². The maximum Gasteiger partial charge on any atom is 0.416 e. The number of carbonyl (C=O) groups is 2. The first-order valence-electron chi connectivity index (χ1n) is 11.3. The lowest BCUT2D eigenvalue weighted by molar-refractivity contribution is -0.137. The number of piperidine rings is 1. The monoisotopic (exact) mass is 521 g/mol. The molecule has 1 aliphatic heterocycles. The zero-order chi connectivity index (χ0) is 25.9. The number of benzene rings is 2. The summed E-state index contributed by atoms with van der Waals surface area (Å²) in [7, 11) is 0. The van der Waals surface area contributed by atoms with Crippen molar-refractivity contribution in [1.82, 2.24) is 9.88 Å². The molecule has 1 aliphatic rings. The lowest BCUT2D eigenvalue weighted by Crippen LogP contribution is -2.40. The van der Waals surface area contributed by atoms with Crippen molar-refractivity contribution < 1.29 is 31.9 Å². The lowest BCUT2D eigenvalue weighted by atomic mass is 9.97. The molecule has 36 heavy (non-hydrogen) atoms. The van der Waals surface area contributed by atoms with E-state index in [0.717, 1.165) is 12.1 Å². The quantitative estimate of drug-likeness (QED) is 0.305. The van der Waals surface area contributed by atoms with E-state index in [9.17, 15) is 27.2 Å². The van der Waals surface area contributed by atoms with Crippen LogP contribution in [0, 0.1) is 5.82 Å². The normalized spacial score (nSPS) is 14.5. The number of thiazole rings is 1. The molecular weight excluding hydrogens is 498 g/mol. The molecule has 0 atom stereocenters. The number of esters is 1. The van der Waals surface area contributed by atoms with Crippen LogP contribution in [0.25, 0.3) is 11.3 Å². The SMILES string of the molecule is CCOC(=O)c1sc(C2CCN(C(=O)Nc3ccc(C(F)(F)F)cc3)CC2)nc1-c1cccc(F)c1. The molecule has 1 fully saturated rings. The van der Waals surface area contributed by atoms with Crippen molar-refractivity contribution in [2.24, 2.45) is 0 Å². The zero-order valence-corrected chi connectivity index (χ0v) is 20.1. The van der Waals surface area contributed by atoms with Crippen LogP contribution in [-0.4, -0.2) is 41.6 Å². The van der Waals surface area contributed by atoms with Gasteiger partial charge in [0.15, 0.2) is 0 Å². The van der Waals surface area contributed by atoms with Crippen LogP contribution in [0.3, 0.4) is 0 Å². The second kappa shape index (κ2) is 10.7. The summed E-state index contributed by atoms with van der Waals surface area (Å²) in [5.74, 6) is -0.973. The number of carbonyl (C=O) groups excluding carboxylic acids is 2. The van der Waals surface area contributed by atoms with Crippen LogP contribution < -0.4 is 5.32 Å². The van der Waals surface area contributed by atoms with Crippen LogP contribution in [0.15, 0.2) is 48.5 Å². The van der Waals surface area contributed by atoms with Crippen molar-refractivity contribution in [3.8, 4) is 11.3 Å². The molecule has 0 spiro atoms. The summed E-state index contributed by atoms with van der Waals surface area (Å²) < 4.78 is 57.2. The molecule has 1 N–H and O–H groups in total. The number of ether oxygens (including phenoxy) is 1. The minimum absolute atomic E-state index is 0.0133. The molecule has 1 saturated heterocycles. The molecule has 0 unspecified atom stereocenters. The highest BCUT2D eigenvalue weighted by atomic mass is 32.1. The summed E-state index contributed by atoms with van der Waals surface area (Å²) in [6, 6.07) is 9.72. The first-order chi connectivity index (χ1) is 17.2. The molecule has 2 aromatic carbocycles. The van der Waals surface area contributed by atoms with Gasteiger partial charge in [0.05, 0.1) is 22.9 Å². The van der Waals surface area contributed by atoms with E-state index in [1.165, 1.54) is 35.6 Å². The van der Waals surface area contributed by atoms with Gasteiger partial charge in [0, 0.05) is 30.3 Å². The minimum atomic E-state index is -4.44. The molecule has 4 rings (SSSR count). The van der Waals surface area contributed by atoms with E-state index in [2.05, 4.69) is 10.3 Å². The van der Waals surface area contributed by atoms with Gasteiger partial charge in [-0.3, -0.25) is 0 Å². The molecule has 3 aromatic rings. The number of aromatic nitrogens is 1. The summed E-state index contributed by atoms with van der Waals surface area (Å²) in [5.41, 5.74) is 0.336. The summed E-state index contributed by atoms with van der Waals surface area (Å²) in [6.07, 6.45) is -3.28. The number of alkyl halides is 3. The molecule has 190 valence electrons. The minimum Gasteiger partial charge on any atom is -0.462 e. The Bertz CT molecular complexity index is 1240. The number of halogens is 4. The van der Waals surface area contributed by atoms with E-state index in [0.29, 0.717) is 47.1 Å². The third-order valence-corrected chi connectivity index (χ3v) is 7.00. The molecule has 0 saturated carbocycles. The fourth-order valence-corrected chi connectivity index (χ4v) is 5.10. The highest BCUT2D eigenvalue weighted by Crippen LogP contribution is 2.37. The third kappa shape index (κ3) is 5.84. The van der Waals surface area contributed by atoms with Gasteiger partial charge in [0.1, 0.15) is 10.7 Å². The molecule has 2 heterocycles. The van der Waals surface area contributed by atoms with Crippen LogP contribution >= 0.6 is 11.3 Å². The summed E-state index contributed by atoms with van der Waals surface area (Å²) in [6.45, 7) is 2.70. The van der Waals surface area contributed by atoms with Crippen LogP contribution in [-0.2, 0) is 10.9 Å². The maximum atomic E-state index is 13.8. The summed E-state index contributed by atoms with van der Waals surface area (Å²) >= 11 is 1.21. The van der Waals surface area contributed by atoms with Crippen molar-refractivity contribution in [2.75, 3.05) is 25.0 Å². The van der Waals surface area contributed by atoms with Gasteiger partial charge in [-0.25, -0.2) is 19.0 Å². The molecule has 0 aliphatic carbocycles. The second-order valence-corrected chi connectivity index (χ2v) is 9.26. The number of amides is 2. The first-order valence-corrected chi connectivity index (χ1v) is 12.1. The fraction of sp³-hybridized carbons (Fsp3) is 0.320. The fourth-order valence-electron chi connectivity index (χ4n) is 3.95. The molecule has 2 amide bonds. The van der Waals surface area contributed by atoms with Gasteiger partial charge in [-0.2, -0.15) is 13.2 Å². The standard InChI is InChI=1S/C25H23F4N3O3S/c1-2-35-23(33)21-20(16-4-3-5-18(26)14-16)31-22(36-21)15-10-12-32(13-11-15)24(34)30-19-8-6-17(7-9-19)25(27,28)29/h3-9,14-15H,2,10-13H2,1H3,(H,30,34). The van der Waals surface area contributed by atoms with Gasteiger partial charge >= 0.3 is 18.2 Å². The molecule has 6 nitrogen and oxygen atoms in total. The van der Waals surface area contributed by atoms with Gasteiger partial charge in [-0.1, -0.05) is 12.1 Å². The smallest absolute Gasteiger partial charge is 0.416 e. The number of hydrogen-bond donors (Lipinski definition) is 1. The molecule has 1 aromatic heterocycles. The van der Waals surface area contributed by atoms with Gasteiger partial charge < -0.3 is 15.0 Å². The lowest BCUT2D eigenvalue weighted by Gasteiger charge is -2.31. The van der Waals surface area contributed by atoms with Gasteiger partial charge in [-0.15, -0.1) is 11.3 Å². The Morgan fingerprint density at radius 1 is 1.14 bits per heavy atom. The molecule has 0 bridgehead atoms. The average Bonchev–Trinajstić information content (AvgIpc) is 3.30. The van der Waals surface area contributed by atoms with Gasteiger partial charge in [0.2, 0.25) is 0 Å².